The number of fused-ring (bicyclic) bond motifs is 1. The van der Waals surface area contributed by atoms with Crippen LogP contribution in [0.2, 0.25) is 0 Å². The minimum Gasteiger partial charge on any atom is -0.438 e. The molecule has 0 saturated heterocycles. The monoisotopic (exact) mass is 469 g/mol. The lowest BCUT2D eigenvalue weighted by Gasteiger charge is -2.25. The number of benzene rings is 2. The topological polar surface area (TPSA) is 80.6 Å². The van der Waals surface area contributed by atoms with Crippen molar-refractivity contribution in [1.82, 2.24) is 14.2 Å². The molecule has 0 aliphatic heterocycles. The lowest BCUT2D eigenvalue weighted by atomic mass is 10.1. The predicted octanol–water partition coefficient (Wildman–Crippen LogP) is 2.96. The molecule has 11 heteroatoms. The molecule has 32 heavy (non-hydrogen) atoms. The molecular formula is C21H22F3N3O4S. The van der Waals surface area contributed by atoms with E-state index in [-0.39, 0.29) is 18.0 Å². The third kappa shape index (κ3) is 5.12. The van der Waals surface area contributed by atoms with E-state index in [4.69, 9.17) is 0 Å². The van der Waals surface area contributed by atoms with Gasteiger partial charge in [0, 0.05) is 24.7 Å². The number of esters is 1. The molecule has 1 unspecified atom stereocenters. The molecule has 2 aromatic carbocycles. The fourth-order valence-electron chi connectivity index (χ4n) is 3.13. The Hall–Kier alpha value is -2.89. The summed E-state index contributed by atoms with van der Waals surface area (Å²) in [6.45, 7) is 0.162. The number of hydrogen-bond acceptors (Lipinski definition) is 6. The number of nitrogens with zero attached hydrogens (tertiary/aromatic N) is 2. The molecule has 3 aromatic rings. The van der Waals surface area contributed by atoms with Crippen molar-refractivity contribution in [2.75, 3.05) is 20.6 Å². The lowest BCUT2D eigenvalue weighted by molar-refractivity contribution is -0.210. The van der Waals surface area contributed by atoms with Gasteiger partial charge >= 0.3 is 12.1 Å². The first-order valence-electron chi connectivity index (χ1n) is 9.56. The van der Waals surface area contributed by atoms with Crippen LogP contribution in [0.25, 0.3) is 10.9 Å². The molecule has 3 rings (SSSR count). The van der Waals surface area contributed by atoms with Gasteiger partial charge in [-0.2, -0.15) is 13.2 Å². The molecule has 0 aliphatic carbocycles. The van der Waals surface area contributed by atoms with Gasteiger partial charge in [-0.15, -0.1) is 0 Å². The highest BCUT2D eigenvalue weighted by atomic mass is 32.2. The summed E-state index contributed by atoms with van der Waals surface area (Å²) in [4.78, 5) is 12.6. The SMILES string of the molecule is CN(C)C(CNCc1cccc2c1ccn2S(=O)(=O)c1ccccc1)OC(=O)C(F)(F)F. The number of rotatable bonds is 8. The van der Waals surface area contributed by atoms with Gasteiger partial charge in [-0.25, -0.2) is 17.2 Å². The van der Waals surface area contributed by atoms with E-state index in [0.717, 1.165) is 5.56 Å². The largest absolute Gasteiger partial charge is 0.490 e. The molecule has 1 atom stereocenters. The van der Waals surface area contributed by atoms with Crippen LogP contribution < -0.4 is 5.32 Å². The summed E-state index contributed by atoms with van der Waals surface area (Å²) in [5.74, 6) is -2.26. The number of ether oxygens (including phenoxy) is 1. The van der Waals surface area contributed by atoms with Crippen LogP contribution in [0.15, 0.2) is 65.7 Å². The Balaban J connectivity index is 1.77. The molecule has 0 amide bonds. The van der Waals surface area contributed by atoms with Crippen LogP contribution in [0.4, 0.5) is 13.2 Å². The summed E-state index contributed by atoms with van der Waals surface area (Å²) in [6, 6.07) is 14.8. The molecule has 0 radical (unpaired) electrons. The van der Waals surface area contributed by atoms with Gasteiger partial charge < -0.3 is 10.1 Å². The smallest absolute Gasteiger partial charge is 0.438 e. The van der Waals surface area contributed by atoms with Gasteiger partial charge in [-0.05, 0) is 43.9 Å². The van der Waals surface area contributed by atoms with Gasteiger partial charge in [0.2, 0.25) is 0 Å². The molecule has 1 heterocycles. The first-order chi connectivity index (χ1) is 15.0. The fourth-order valence-corrected chi connectivity index (χ4v) is 4.49. The molecule has 0 spiro atoms. The highest BCUT2D eigenvalue weighted by Crippen LogP contribution is 2.25. The van der Waals surface area contributed by atoms with E-state index >= 15 is 0 Å². The fraction of sp³-hybridized carbons (Fsp3) is 0.286. The maximum Gasteiger partial charge on any atom is 0.490 e. The summed E-state index contributed by atoms with van der Waals surface area (Å²) in [6.07, 6.45) is -4.75. The summed E-state index contributed by atoms with van der Waals surface area (Å²) >= 11 is 0. The second kappa shape index (κ2) is 9.31. The Morgan fingerprint density at radius 1 is 1.09 bits per heavy atom. The van der Waals surface area contributed by atoms with Gasteiger partial charge in [0.15, 0.2) is 6.23 Å². The van der Waals surface area contributed by atoms with Gasteiger partial charge in [0.25, 0.3) is 10.0 Å². The Morgan fingerprint density at radius 3 is 2.41 bits per heavy atom. The number of likely N-dealkylation sites (N-methyl/N-ethyl adjacent to an activating group) is 1. The van der Waals surface area contributed by atoms with Crippen molar-refractivity contribution in [2.24, 2.45) is 0 Å². The molecule has 1 aromatic heterocycles. The van der Waals surface area contributed by atoms with Crippen molar-refractivity contribution < 1.29 is 31.1 Å². The van der Waals surface area contributed by atoms with E-state index in [1.54, 1.807) is 42.5 Å². The van der Waals surface area contributed by atoms with E-state index in [0.29, 0.717) is 10.9 Å². The van der Waals surface area contributed by atoms with Crippen molar-refractivity contribution in [3.05, 3.63) is 66.4 Å². The van der Waals surface area contributed by atoms with E-state index < -0.39 is 28.4 Å². The van der Waals surface area contributed by atoms with E-state index in [1.807, 2.05) is 0 Å². The van der Waals surface area contributed by atoms with Crippen LogP contribution in [0.3, 0.4) is 0 Å². The third-order valence-corrected chi connectivity index (χ3v) is 6.48. The Labute approximate surface area is 183 Å². The Kier molecular flexibility index (Phi) is 6.91. The molecule has 0 bridgehead atoms. The van der Waals surface area contributed by atoms with Crippen molar-refractivity contribution in [1.29, 1.82) is 0 Å². The van der Waals surface area contributed by atoms with Crippen LogP contribution >= 0.6 is 0 Å². The predicted molar refractivity (Wildman–Crippen MR) is 112 cm³/mol. The first kappa shape index (κ1) is 23.8. The van der Waals surface area contributed by atoms with Crippen LogP contribution in [-0.2, 0) is 26.1 Å². The lowest BCUT2D eigenvalue weighted by Crippen LogP contribution is -2.43. The standard InChI is InChI=1S/C21H22F3N3O4S/c1-26(2)19(31-20(28)21(22,23)24)14-25-13-15-7-6-10-18-17(15)11-12-27(18)32(29,30)16-8-4-3-5-9-16/h3-12,19,25H,13-14H2,1-2H3. The van der Waals surface area contributed by atoms with Crippen LogP contribution in [0.5, 0.6) is 0 Å². The quantitative estimate of drug-likeness (QED) is 0.404. The average Bonchev–Trinajstić information content (AvgIpc) is 3.18. The van der Waals surface area contributed by atoms with Gasteiger partial charge in [0.05, 0.1) is 10.4 Å². The summed E-state index contributed by atoms with van der Waals surface area (Å²) in [5.41, 5.74) is 1.21. The van der Waals surface area contributed by atoms with Gasteiger partial charge in [-0.1, -0.05) is 30.3 Å². The maximum absolute atomic E-state index is 13.0. The number of halogens is 3. The second-order valence-electron chi connectivity index (χ2n) is 7.23. The number of nitrogens with one attached hydrogen (secondary N) is 1. The number of alkyl halides is 3. The zero-order valence-electron chi connectivity index (χ0n) is 17.3. The third-order valence-electron chi connectivity index (χ3n) is 4.77. The summed E-state index contributed by atoms with van der Waals surface area (Å²) < 4.78 is 69.1. The van der Waals surface area contributed by atoms with E-state index in [2.05, 4.69) is 10.1 Å². The molecule has 7 nitrogen and oxygen atoms in total. The number of aromatic nitrogens is 1. The highest BCUT2D eigenvalue weighted by molar-refractivity contribution is 7.90. The van der Waals surface area contributed by atoms with Crippen LogP contribution in [-0.4, -0.2) is 56.3 Å². The molecule has 172 valence electrons. The summed E-state index contributed by atoms with van der Waals surface area (Å²) in [7, 11) is -0.803. The highest BCUT2D eigenvalue weighted by Gasteiger charge is 2.42. The van der Waals surface area contributed by atoms with E-state index in [1.165, 1.54) is 41.3 Å². The molecule has 0 saturated carbocycles. The zero-order chi connectivity index (χ0) is 23.5. The Bertz CT molecular complexity index is 1190. The Morgan fingerprint density at radius 2 is 1.78 bits per heavy atom. The average molecular weight is 469 g/mol. The second-order valence-corrected chi connectivity index (χ2v) is 9.05. The van der Waals surface area contributed by atoms with Crippen molar-refractivity contribution >= 4 is 26.9 Å². The molecule has 1 N–H and O–H groups in total. The van der Waals surface area contributed by atoms with Crippen molar-refractivity contribution in [3.63, 3.8) is 0 Å². The summed E-state index contributed by atoms with van der Waals surface area (Å²) in [5, 5.41) is 3.64. The number of hydrogen-bond donors (Lipinski definition) is 1. The van der Waals surface area contributed by atoms with Crippen molar-refractivity contribution in [2.45, 2.75) is 23.8 Å². The van der Waals surface area contributed by atoms with Crippen LogP contribution in [0, 0.1) is 0 Å². The maximum atomic E-state index is 13.0. The van der Waals surface area contributed by atoms with Crippen LogP contribution in [0.1, 0.15) is 5.56 Å². The van der Waals surface area contributed by atoms with Crippen molar-refractivity contribution in [3.8, 4) is 0 Å². The number of carbonyl (C=O) groups is 1. The molecule has 0 fully saturated rings. The van der Waals surface area contributed by atoms with Gasteiger partial charge in [-0.3, -0.25) is 4.90 Å². The van der Waals surface area contributed by atoms with Gasteiger partial charge in [0.1, 0.15) is 0 Å². The zero-order valence-corrected chi connectivity index (χ0v) is 18.2. The first-order valence-corrected chi connectivity index (χ1v) is 11.0. The minimum absolute atomic E-state index is 0.0613. The number of carbonyl (C=O) groups excluding carboxylic acids is 1. The van der Waals surface area contributed by atoms with E-state index in [9.17, 15) is 26.4 Å². The minimum atomic E-state index is -5.08. The molecule has 0 aliphatic rings. The normalized spacial score (nSPS) is 13.4. The molecular weight excluding hydrogens is 447 g/mol.